The van der Waals surface area contributed by atoms with Crippen molar-refractivity contribution < 1.29 is 27.1 Å². The summed E-state index contributed by atoms with van der Waals surface area (Å²) in [5.74, 6) is -4.00. The second kappa shape index (κ2) is 6.62. The molecule has 1 aromatic rings. The van der Waals surface area contributed by atoms with Gasteiger partial charge in [-0.2, -0.15) is 0 Å². The van der Waals surface area contributed by atoms with Crippen LogP contribution in [0.2, 0.25) is 0 Å². The van der Waals surface area contributed by atoms with E-state index >= 15 is 0 Å². The topological polar surface area (TPSA) is 95.5 Å². The molecule has 112 valence electrons. The van der Waals surface area contributed by atoms with Crippen LogP contribution in [-0.2, 0) is 10.0 Å². The number of hydrogen-bond donors (Lipinski definition) is 3. The van der Waals surface area contributed by atoms with Crippen LogP contribution in [-0.4, -0.2) is 38.3 Å². The molecule has 3 N–H and O–H groups in total. The quantitative estimate of drug-likeness (QED) is 0.699. The van der Waals surface area contributed by atoms with Crippen molar-refractivity contribution in [2.75, 3.05) is 24.2 Å². The molecule has 6 nitrogen and oxygen atoms in total. The number of anilines is 1. The van der Waals surface area contributed by atoms with Crippen molar-refractivity contribution in [1.29, 1.82) is 0 Å². The van der Waals surface area contributed by atoms with Crippen LogP contribution in [0.25, 0.3) is 0 Å². The molecule has 0 aliphatic rings. The Morgan fingerprint density at radius 3 is 2.30 bits per heavy atom. The minimum absolute atomic E-state index is 0.213. The van der Waals surface area contributed by atoms with Gasteiger partial charge in [0.15, 0.2) is 0 Å². The first-order valence-electron chi connectivity index (χ1n) is 5.70. The Labute approximate surface area is 114 Å². The Morgan fingerprint density at radius 1 is 1.30 bits per heavy atom. The smallest absolute Gasteiger partial charge is 0.335 e. The van der Waals surface area contributed by atoms with Crippen molar-refractivity contribution in [3.8, 4) is 0 Å². The monoisotopic (exact) mass is 308 g/mol. The first-order valence-corrected chi connectivity index (χ1v) is 7.35. The molecule has 9 heteroatoms. The maximum Gasteiger partial charge on any atom is 0.335 e. The van der Waals surface area contributed by atoms with E-state index in [0.717, 1.165) is 0 Å². The summed E-state index contributed by atoms with van der Waals surface area (Å²) in [5, 5.41) is 10.9. The maximum absolute atomic E-state index is 13.5. The molecule has 0 spiro atoms. The maximum atomic E-state index is 13.5. The Hall–Kier alpha value is -1.74. The van der Waals surface area contributed by atoms with Gasteiger partial charge in [-0.05, 0) is 12.1 Å². The molecular weight excluding hydrogens is 294 g/mol. The van der Waals surface area contributed by atoms with Gasteiger partial charge < -0.3 is 10.4 Å². The predicted molar refractivity (Wildman–Crippen MR) is 69.3 cm³/mol. The van der Waals surface area contributed by atoms with Gasteiger partial charge in [0.1, 0.15) is 17.3 Å². The lowest BCUT2D eigenvalue weighted by atomic mass is 10.2. The summed E-state index contributed by atoms with van der Waals surface area (Å²) in [4.78, 5) is 10.6. The van der Waals surface area contributed by atoms with Gasteiger partial charge in [-0.25, -0.2) is 26.7 Å². The van der Waals surface area contributed by atoms with E-state index in [1.165, 1.54) is 0 Å². The van der Waals surface area contributed by atoms with Gasteiger partial charge in [0.05, 0.1) is 11.3 Å². The first-order chi connectivity index (χ1) is 9.26. The average molecular weight is 308 g/mol. The van der Waals surface area contributed by atoms with Gasteiger partial charge in [0, 0.05) is 13.1 Å². The zero-order valence-corrected chi connectivity index (χ0v) is 11.4. The Morgan fingerprint density at radius 2 is 1.85 bits per heavy atom. The van der Waals surface area contributed by atoms with Crippen LogP contribution in [0.3, 0.4) is 0 Å². The van der Waals surface area contributed by atoms with Crippen LogP contribution >= 0.6 is 0 Å². The zero-order valence-electron chi connectivity index (χ0n) is 10.6. The van der Waals surface area contributed by atoms with E-state index in [4.69, 9.17) is 5.11 Å². The number of aromatic carboxylic acids is 1. The second-order valence-electron chi connectivity index (χ2n) is 3.86. The lowest BCUT2D eigenvalue weighted by Crippen LogP contribution is -2.29. The van der Waals surface area contributed by atoms with Crippen LogP contribution in [0.15, 0.2) is 12.1 Å². The predicted octanol–water partition coefficient (Wildman–Crippen LogP) is 1.01. The van der Waals surface area contributed by atoms with E-state index in [1.54, 1.807) is 6.92 Å². The van der Waals surface area contributed by atoms with Gasteiger partial charge in [0.2, 0.25) is 10.0 Å². The molecule has 0 aliphatic heterocycles. The zero-order chi connectivity index (χ0) is 15.3. The van der Waals surface area contributed by atoms with Crippen LogP contribution in [0.1, 0.15) is 17.3 Å². The van der Waals surface area contributed by atoms with Crippen LogP contribution in [0.5, 0.6) is 0 Å². The molecule has 0 saturated carbocycles. The molecule has 0 aliphatic carbocycles. The highest BCUT2D eigenvalue weighted by atomic mass is 32.2. The molecule has 0 aromatic heterocycles. The summed E-state index contributed by atoms with van der Waals surface area (Å²) in [7, 11) is -3.50. The van der Waals surface area contributed by atoms with E-state index in [9.17, 15) is 22.0 Å². The molecule has 0 atom stereocenters. The summed E-state index contributed by atoms with van der Waals surface area (Å²) >= 11 is 0. The third kappa shape index (κ3) is 4.42. The summed E-state index contributed by atoms with van der Waals surface area (Å²) < 4.78 is 51.9. The van der Waals surface area contributed by atoms with Gasteiger partial charge >= 0.3 is 5.97 Å². The van der Waals surface area contributed by atoms with Gasteiger partial charge in [-0.1, -0.05) is 6.92 Å². The normalized spacial score (nSPS) is 11.3. The lowest BCUT2D eigenvalue weighted by molar-refractivity contribution is 0.0696. The molecular formula is C11H14F2N2O4S. The highest BCUT2D eigenvalue weighted by Crippen LogP contribution is 2.20. The van der Waals surface area contributed by atoms with Gasteiger partial charge in [-0.15, -0.1) is 0 Å². The molecule has 0 heterocycles. The Kier molecular flexibility index (Phi) is 5.40. The van der Waals surface area contributed by atoms with Crippen molar-refractivity contribution >= 4 is 21.7 Å². The summed E-state index contributed by atoms with van der Waals surface area (Å²) in [6.45, 7) is 1.61. The third-order valence-corrected chi connectivity index (χ3v) is 3.80. The van der Waals surface area contributed by atoms with Crippen LogP contribution in [0.4, 0.5) is 14.5 Å². The lowest BCUT2D eigenvalue weighted by Gasteiger charge is -2.10. The number of carboxylic acid groups (broad SMARTS) is 1. The van der Waals surface area contributed by atoms with Gasteiger partial charge in [-0.3, -0.25) is 0 Å². The van der Waals surface area contributed by atoms with E-state index in [1.807, 2.05) is 0 Å². The number of halogens is 2. The fourth-order valence-electron chi connectivity index (χ4n) is 1.47. The SMILES string of the molecule is CCNS(=O)(=O)CCNc1c(F)cc(C(=O)O)cc1F. The van der Waals surface area contributed by atoms with E-state index in [0.29, 0.717) is 12.1 Å². The van der Waals surface area contributed by atoms with E-state index in [2.05, 4.69) is 10.0 Å². The summed E-state index contributed by atoms with van der Waals surface area (Å²) in [5.41, 5.74) is -1.08. The van der Waals surface area contributed by atoms with Crippen LogP contribution in [0, 0.1) is 11.6 Å². The largest absolute Gasteiger partial charge is 0.478 e. The number of carboxylic acids is 1. The third-order valence-electron chi connectivity index (χ3n) is 2.33. The van der Waals surface area contributed by atoms with Crippen molar-refractivity contribution in [2.45, 2.75) is 6.92 Å². The molecule has 0 radical (unpaired) electrons. The molecule has 0 bridgehead atoms. The van der Waals surface area contributed by atoms with Crippen molar-refractivity contribution in [3.05, 3.63) is 29.3 Å². The van der Waals surface area contributed by atoms with Crippen LogP contribution < -0.4 is 10.0 Å². The number of nitrogens with one attached hydrogen (secondary N) is 2. The minimum Gasteiger partial charge on any atom is -0.478 e. The minimum atomic E-state index is -3.50. The summed E-state index contributed by atoms with van der Waals surface area (Å²) in [6.07, 6.45) is 0. The van der Waals surface area contributed by atoms with Crippen molar-refractivity contribution in [3.63, 3.8) is 0 Å². The average Bonchev–Trinajstić information content (AvgIpc) is 2.32. The Bertz CT molecular complexity index is 581. The van der Waals surface area contributed by atoms with Crippen molar-refractivity contribution in [2.24, 2.45) is 0 Å². The molecule has 0 fully saturated rings. The number of hydrogen-bond acceptors (Lipinski definition) is 4. The highest BCUT2D eigenvalue weighted by molar-refractivity contribution is 7.89. The molecule has 1 rings (SSSR count). The standard InChI is InChI=1S/C11H14F2N2O4S/c1-2-15-20(18,19)4-3-14-10-8(12)5-7(11(16)17)6-9(10)13/h5-6,14-15H,2-4H2,1H3,(H,16,17). The van der Waals surface area contributed by atoms with Crippen molar-refractivity contribution in [1.82, 2.24) is 4.72 Å². The second-order valence-corrected chi connectivity index (χ2v) is 5.79. The molecule has 1 aromatic carbocycles. The summed E-state index contributed by atoms with van der Waals surface area (Å²) in [6, 6.07) is 1.32. The fraction of sp³-hybridized carbons (Fsp3) is 0.364. The molecule has 0 amide bonds. The fourth-order valence-corrected chi connectivity index (χ4v) is 2.42. The Balaban J connectivity index is 2.77. The molecule has 0 unspecified atom stereocenters. The molecule has 0 saturated heterocycles. The van der Waals surface area contributed by atoms with E-state index in [-0.39, 0.29) is 18.8 Å². The number of benzene rings is 1. The van der Waals surface area contributed by atoms with E-state index < -0.39 is 38.9 Å². The first kappa shape index (κ1) is 16.3. The van der Waals surface area contributed by atoms with Gasteiger partial charge in [0.25, 0.3) is 0 Å². The highest BCUT2D eigenvalue weighted by Gasteiger charge is 2.15. The number of sulfonamides is 1. The number of rotatable bonds is 7. The number of carbonyl (C=O) groups is 1. The molecule has 20 heavy (non-hydrogen) atoms.